The summed E-state index contributed by atoms with van der Waals surface area (Å²) >= 11 is 5.50. The van der Waals surface area contributed by atoms with Crippen molar-refractivity contribution in [3.05, 3.63) is 22.6 Å². The van der Waals surface area contributed by atoms with Gasteiger partial charge in [0.2, 0.25) is 0 Å². The number of nitrogens with one attached hydrogen (secondary N) is 1. The molecule has 2 aromatic rings. The second-order valence-electron chi connectivity index (χ2n) is 6.52. The Morgan fingerprint density at radius 3 is 2.68 bits per heavy atom. The van der Waals surface area contributed by atoms with Gasteiger partial charge in [-0.1, -0.05) is 13.8 Å². The van der Waals surface area contributed by atoms with Crippen LogP contribution in [-0.2, 0) is 0 Å². The maximum Gasteiger partial charge on any atom is 0.179 e. The van der Waals surface area contributed by atoms with Gasteiger partial charge in [-0.15, -0.1) is 0 Å². The number of imidazole rings is 1. The highest BCUT2D eigenvalue weighted by atomic mass is 32.1. The standard InChI is InChI=1S/C15H21N3S/c1-10-4-5-12-13(16-10)18(14(19)17-12)11-6-8-15(2,3)9-7-11/h4-5,11H,6-9H2,1-3H3,(H,17,19). The van der Waals surface area contributed by atoms with Gasteiger partial charge >= 0.3 is 0 Å². The number of nitrogens with zero attached hydrogens (tertiary/aromatic N) is 2. The van der Waals surface area contributed by atoms with Crippen LogP contribution in [0.25, 0.3) is 11.2 Å². The van der Waals surface area contributed by atoms with Crippen molar-refractivity contribution in [1.29, 1.82) is 0 Å². The van der Waals surface area contributed by atoms with Crippen molar-refractivity contribution in [3.63, 3.8) is 0 Å². The topological polar surface area (TPSA) is 33.6 Å². The van der Waals surface area contributed by atoms with E-state index in [1.54, 1.807) is 0 Å². The third kappa shape index (κ3) is 2.34. The van der Waals surface area contributed by atoms with E-state index in [0.29, 0.717) is 11.5 Å². The molecule has 1 N–H and O–H groups in total. The van der Waals surface area contributed by atoms with E-state index in [9.17, 15) is 0 Å². The van der Waals surface area contributed by atoms with Gasteiger partial charge in [0, 0.05) is 11.7 Å². The van der Waals surface area contributed by atoms with Gasteiger partial charge in [-0.2, -0.15) is 0 Å². The molecule has 1 aliphatic carbocycles. The number of hydrogen-bond acceptors (Lipinski definition) is 2. The summed E-state index contributed by atoms with van der Waals surface area (Å²) in [6, 6.07) is 4.61. The molecule has 4 heteroatoms. The highest BCUT2D eigenvalue weighted by Gasteiger charge is 2.29. The zero-order chi connectivity index (χ0) is 13.6. The molecule has 1 aliphatic rings. The fourth-order valence-corrected chi connectivity index (χ4v) is 3.42. The number of aromatic nitrogens is 3. The molecule has 2 heterocycles. The number of fused-ring (bicyclic) bond motifs is 1. The van der Waals surface area contributed by atoms with Crippen LogP contribution >= 0.6 is 12.2 Å². The molecule has 0 spiro atoms. The van der Waals surface area contributed by atoms with Crippen LogP contribution in [0.1, 0.15) is 51.3 Å². The molecule has 0 aromatic carbocycles. The minimum atomic E-state index is 0.480. The largest absolute Gasteiger partial charge is 0.329 e. The Bertz CT molecular complexity index is 656. The Morgan fingerprint density at radius 2 is 2.00 bits per heavy atom. The van der Waals surface area contributed by atoms with E-state index in [1.165, 1.54) is 25.7 Å². The molecule has 0 saturated heterocycles. The van der Waals surface area contributed by atoms with E-state index in [0.717, 1.165) is 21.6 Å². The number of aromatic amines is 1. The number of rotatable bonds is 1. The first-order valence-electron chi connectivity index (χ1n) is 7.04. The summed E-state index contributed by atoms with van der Waals surface area (Å²) in [6.45, 7) is 6.75. The average Bonchev–Trinajstić information content (AvgIpc) is 2.65. The van der Waals surface area contributed by atoms with Crippen LogP contribution in [0, 0.1) is 17.1 Å². The SMILES string of the molecule is Cc1ccc2[nH]c(=S)n(C3CCC(C)(C)CC3)c2n1. The first kappa shape index (κ1) is 12.9. The lowest BCUT2D eigenvalue weighted by atomic mass is 9.75. The van der Waals surface area contributed by atoms with Gasteiger partial charge in [0.05, 0.1) is 5.52 Å². The Labute approximate surface area is 119 Å². The van der Waals surface area contributed by atoms with Crippen LogP contribution in [0.2, 0.25) is 0 Å². The van der Waals surface area contributed by atoms with Gasteiger partial charge in [0.25, 0.3) is 0 Å². The highest BCUT2D eigenvalue weighted by Crippen LogP contribution is 2.41. The molecule has 3 nitrogen and oxygen atoms in total. The first-order chi connectivity index (χ1) is 8.96. The normalized spacial score (nSPS) is 19.9. The molecular weight excluding hydrogens is 254 g/mol. The predicted octanol–water partition coefficient (Wildman–Crippen LogP) is 4.54. The molecule has 0 bridgehead atoms. The maximum atomic E-state index is 5.50. The summed E-state index contributed by atoms with van der Waals surface area (Å²) in [5.41, 5.74) is 3.61. The number of aryl methyl sites for hydroxylation is 1. The molecule has 102 valence electrons. The Balaban J connectivity index is 2.03. The van der Waals surface area contributed by atoms with E-state index >= 15 is 0 Å². The number of pyridine rings is 1. The van der Waals surface area contributed by atoms with Crippen molar-refractivity contribution in [1.82, 2.24) is 14.5 Å². The molecule has 2 aromatic heterocycles. The third-order valence-electron chi connectivity index (χ3n) is 4.38. The molecule has 0 aliphatic heterocycles. The van der Waals surface area contributed by atoms with Crippen molar-refractivity contribution in [2.75, 3.05) is 0 Å². The monoisotopic (exact) mass is 275 g/mol. The minimum Gasteiger partial charge on any atom is -0.329 e. The molecule has 0 amide bonds. The van der Waals surface area contributed by atoms with Crippen molar-refractivity contribution in [2.24, 2.45) is 5.41 Å². The highest BCUT2D eigenvalue weighted by molar-refractivity contribution is 7.71. The Morgan fingerprint density at radius 1 is 1.32 bits per heavy atom. The van der Waals surface area contributed by atoms with Gasteiger partial charge in [0.1, 0.15) is 0 Å². The summed E-state index contributed by atoms with van der Waals surface area (Å²) in [4.78, 5) is 7.96. The van der Waals surface area contributed by atoms with Crippen LogP contribution in [0.4, 0.5) is 0 Å². The predicted molar refractivity (Wildman–Crippen MR) is 80.9 cm³/mol. The van der Waals surface area contributed by atoms with Crippen LogP contribution in [0.5, 0.6) is 0 Å². The molecule has 3 rings (SSSR count). The van der Waals surface area contributed by atoms with Crippen molar-refractivity contribution in [3.8, 4) is 0 Å². The van der Waals surface area contributed by atoms with Gasteiger partial charge in [-0.3, -0.25) is 4.57 Å². The van der Waals surface area contributed by atoms with Gasteiger partial charge in [-0.05, 0) is 62.4 Å². The second kappa shape index (κ2) is 4.44. The smallest absolute Gasteiger partial charge is 0.179 e. The van der Waals surface area contributed by atoms with Crippen molar-refractivity contribution >= 4 is 23.4 Å². The summed E-state index contributed by atoms with van der Waals surface area (Å²) in [5.74, 6) is 0. The quantitative estimate of drug-likeness (QED) is 0.775. The van der Waals surface area contributed by atoms with E-state index in [1.807, 2.05) is 13.0 Å². The Hall–Kier alpha value is -1.16. The lowest BCUT2D eigenvalue weighted by Crippen LogP contribution is -2.23. The summed E-state index contributed by atoms with van der Waals surface area (Å²) < 4.78 is 3.06. The minimum absolute atomic E-state index is 0.480. The van der Waals surface area contributed by atoms with Crippen LogP contribution < -0.4 is 0 Å². The summed E-state index contributed by atoms with van der Waals surface area (Å²) in [7, 11) is 0. The fourth-order valence-electron chi connectivity index (χ4n) is 3.08. The molecular formula is C15H21N3S. The van der Waals surface area contributed by atoms with E-state index in [2.05, 4.69) is 34.4 Å². The molecule has 0 radical (unpaired) electrons. The first-order valence-corrected chi connectivity index (χ1v) is 7.45. The molecule has 1 fully saturated rings. The lowest BCUT2D eigenvalue weighted by Gasteiger charge is -2.34. The Kier molecular flexibility index (Phi) is 3.01. The average molecular weight is 275 g/mol. The van der Waals surface area contributed by atoms with Crippen molar-refractivity contribution < 1.29 is 0 Å². The van der Waals surface area contributed by atoms with Crippen molar-refractivity contribution in [2.45, 2.75) is 52.5 Å². The number of hydrogen-bond donors (Lipinski definition) is 1. The van der Waals surface area contributed by atoms with Crippen LogP contribution in [0.3, 0.4) is 0 Å². The fraction of sp³-hybridized carbons (Fsp3) is 0.600. The zero-order valence-electron chi connectivity index (χ0n) is 11.9. The maximum absolute atomic E-state index is 5.50. The third-order valence-corrected chi connectivity index (χ3v) is 4.68. The van der Waals surface area contributed by atoms with E-state index in [4.69, 9.17) is 12.2 Å². The summed E-state index contributed by atoms with van der Waals surface area (Å²) in [6.07, 6.45) is 4.92. The van der Waals surface area contributed by atoms with E-state index < -0.39 is 0 Å². The molecule has 1 saturated carbocycles. The van der Waals surface area contributed by atoms with Crippen LogP contribution in [-0.4, -0.2) is 14.5 Å². The zero-order valence-corrected chi connectivity index (χ0v) is 12.7. The molecule has 19 heavy (non-hydrogen) atoms. The van der Waals surface area contributed by atoms with E-state index in [-0.39, 0.29) is 0 Å². The van der Waals surface area contributed by atoms with Gasteiger partial charge in [0.15, 0.2) is 10.4 Å². The lowest BCUT2D eigenvalue weighted by molar-refractivity contribution is 0.194. The number of H-pyrrole nitrogens is 1. The second-order valence-corrected chi connectivity index (χ2v) is 6.91. The van der Waals surface area contributed by atoms with Gasteiger partial charge in [-0.25, -0.2) is 4.98 Å². The molecule has 0 unspecified atom stereocenters. The molecule has 0 atom stereocenters. The summed E-state index contributed by atoms with van der Waals surface area (Å²) in [5, 5.41) is 0. The van der Waals surface area contributed by atoms with Crippen LogP contribution in [0.15, 0.2) is 12.1 Å². The van der Waals surface area contributed by atoms with Gasteiger partial charge < -0.3 is 4.98 Å².